The smallest absolute Gasteiger partial charge is 0.191 e. The molecule has 2 aromatic rings. The maximum Gasteiger partial charge on any atom is 0.191 e. The predicted octanol–water partition coefficient (Wildman–Crippen LogP) is 3.95. The largest absolute Gasteiger partial charge is 0.497 e. The summed E-state index contributed by atoms with van der Waals surface area (Å²) < 4.78 is 10.6. The van der Waals surface area contributed by atoms with Crippen LogP contribution in [0.15, 0.2) is 41.4 Å². The number of guanidine groups is 1. The molecule has 2 rings (SSSR count). The zero-order chi connectivity index (χ0) is 17.9. The highest BCUT2D eigenvalue weighted by molar-refractivity contribution is 14.0. The zero-order valence-electron chi connectivity index (χ0n) is 15.9. The second kappa shape index (κ2) is 12.8. The second-order valence-corrected chi connectivity index (χ2v) is 5.80. The van der Waals surface area contributed by atoms with Crippen molar-refractivity contribution in [3.05, 3.63) is 42.0 Å². The second-order valence-electron chi connectivity index (χ2n) is 5.80. The molecule has 0 aliphatic carbocycles. The van der Waals surface area contributed by atoms with Gasteiger partial charge in [0.1, 0.15) is 5.75 Å². The number of nitrogens with one attached hydrogen (secondary N) is 2. The molecule has 0 unspecified atom stereocenters. The highest BCUT2D eigenvalue weighted by atomic mass is 127. The minimum atomic E-state index is 0. The number of hydrogen-bond donors (Lipinski definition) is 2. The van der Waals surface area contributed by atoms with Crippen molar-refractivity contribution in [2.75, 3.05) is 33.9 Å². The summed E-state index contributed by atoms with van der Waals surface area (Å²) in [6.07, 6.45) is 2.13. The normalized spacial score (nSPS) is 11.1. The van der Waals surface area contributed by atoms with Crippen LogP contribution in [0.3, 0.4) is 0 Å². The molecule has 0 aliphatic heterocycles. The molecule has 0 atom stereocenters. The fraction of sp³-hybridized carbons (Fsp3) is 0.450. The third-order valence-corrected chi connectivity index (χ3v) is 4.01. The van der Waals surface area contributed by atoms with Gasteiger partial charge >= 0.3 is 0 Å². The quantitative estimate of drug-likeness (QED) is 0.252. The number of benzene rings is 2. The van der Waals surface area contributed by atoms with Gasteiger partial charge in [0, 0.05) is 33.4 Å². The number of ether oxygens (including phenoxy) is 2. The molecule has 0 saturated heterocycles. The lowest BCUT2D eigenvalue weighted by atomic mass is 10.1. The number of halogens is 1. The minimum absolute atomic E-state index is 0. The van der Waals surface area contributed by atoms with Crippen LogP contribution in [0.25, 0.3) is 10.8 Å². The molecule has 0 bridgehead atoms. The van der Waals surface area contributed by atoms with Crippen LogP contribution >= 0.6 is 24.0 Å². The third-order valence-electron chi connectivity index (χ3n) is 4.01. The summed E-state index contributed by atoms with van der Waals surface area (Å²) in [7, 11) is 3.48. The fourth-order valence-electron chi connectivity index (χ4n) is 2.60. The van der Waals surface area contributed by atoms with E-state index in [0.29, 0.717) is 0 Å². The van der Waals surface area contributed by atoms with Gasteiger partial charge in [0.2, 0.25) is 0 Å². The maximum atomic E-state index is 5.34. The monoisotopic (exact) mass is 471 g/mol. The van der Waals surface area contributed by atoms with Crippen molar-refractivity contribution in [2.45, 2.75) is 26.3 Å². The van der Waals surface area contributed by atoms with Gasteiger partial charge in [-0.15, -0.1) is 24.0 Å². The van der Waals surface area contributed by atoms with E-state index < -0.39 is 0 Å². The number of methoxy groups -OCH3 is 1. The van der Waals surface area contributed by atoms with E-state index in [-0.39, 0.29) is 24.0 Å². The first-order valence-corrected chi connectivity index (χ1v) is 8.85. The van der Waals surface area contributed by atoms with Crippen LogP contribution in [0.2, 0.25) is 0 Å². The lowest BCUT2D eigenvalue weighted by Crippen LogP contribution is -2.37. The van der Waals surface area contributed by atoms with E-state index in [9.17, 15) is 0 Å². The van der Waals surface area contributed by atoms with Crippen molar-refractivity contribution in [3.8, 4) is 5.75 Å². The molecule has 2 N–H and O–H groups in total. The van der Waals surface area contributed by atoms with E-state index in [1.54, 1.807) is 14.2 Å². The summed E-state index contributed by atoms with van der Waals surface area (Å²) in [5.41, 5.74) is 1.22. The van der Waals surface area contributed by atoms with E-state index >= 15 is 0 Å². The number of hydrogen-bond acceptors (Lipinski definition) is 3. The first-order chi connectivity index (χ1) is 12.3. The van der Waals surface area contributed by atoms with Crippen molar-refractivity contribution in [2.24, 2.45) is 4.99 Å². The Bertz CT molecular complexity index is 692. The average molecular weight is 471 g/mol. The van der Waals surface area contributed by atoms with E-state index in [0.717, 1.165) is 50.9 Å². The van der Waals surface area contributed by atoms with Crippen LogP contribution in [0.4, 0.5) is 0 Å². The summed E-state index contributed by atoms with van der Waals surface area (Å²) in [4.78, 5) is 4.27. The van der Waals surface area contributed by atoms with Crippen molar-refractivity contribution < 1.29 is 9.47 Å². The van der Waals surface area contributed by atoms with E-state index in [4.69, 9.17) is 9.47 Å². The molecule has 0 spiro atoms. The van der Waals surface area contributed by atoms with Crippen molar-refractivity contribution in [1.82, 2.24) is 10.6 Å². The van der Waals surface area contributed by atoms with Crippen LogP contribution in [-0.2, 0) is 11.3 Å². The van der Waals surface area contributed by atoms with Crippen LogP contribution in [0.1, 0.15) is 25.3 Å². The Morgan fingerprint density at radius 3 is 2.54 bits per heavy atom. The number of nitrogens with zero attached hydrogens (tertiary/aromatic N) is 1. The Balaban J connectivity index is 0.00000338. The molecule has 6 heteroatoms. The van der Waals surface area contributed by atoms with Gasteiger partial charge in [-0.3, -0.25) is 4.99 Å². The first-order valence-electron chi connectivity index (χ1n) is 8.85. The molecule has 0 aliphatic rings. The van der Waals surface area contributed by atoms with Gasteiger partial charge in [0.05, 0.1) is 7.11 Å². The summed E-state index contributed by atoms with van der Waals surface area (Å²) in [6, 6.07) is 12.6. The Kier molecular flexibility index (Phi) is 11.0. The molecule has 0 heterocycles. The summed E-state index contributed by atoms with van der Waals surface area (Å²) in [5.74, 6) is 1.71. The third kappa shape index (κ3) is 7.37. The Labute approximate surface area is 173 Å². The first kappa shape index (κ1) is 22.5. The van der Waals surface area contributed by atoms with Gasteiger partial charge in [-0.1, -0.05) is 18.2 Å². The lowest BCUT2D eigenvalue weighted by molar-refractivity contribution is 0.143. The Hall–Kier alpha value is -1.54. The molecule has 5 nitrogen and oxygen atoms in total. The van der Waals surface area contributed by atoms with Crippen LogP contribution in [-0.4, -0.2) is 39.9 Å². The topological polar surface area (TPSA) is 54.9 Å². The molecule has 0 aromatic heterocycles. The van der Waals surface area contributed by atoms with Crippen LogP contribution < -0.4 is 15.4 Å². The van der Waals surface area contributed by atoms with E-state index in [2.05, 4.69) is 46.0 Å². The van der Waals surface area contributed by atoms with Gasteiger partial charge in [0.25, 0.3) is 0 Å². The van der Waals surface area contributed by atoms with E-state index in [1.807, 2.05) is 13.0 Å². The van der Waals surface area contributed by atoms with Gasteiger partial charge in [0.15, 0.2) is 5.96 Å². The number of unbranched alkanes of at least 4 members (excludes halogenated alkanes) is 1. The van der Waals surface area contributed by atoms with Gasteiger partial charge < -0.3 is 20.1 Å². The van der Waals surface area contributed by atoms with Crippen LogP contribution in [0, 0.1) is 0 Å². The average Bonchev–Trinajstić information content (AvgIpc) is 2.66. The molecule has 0 radical (unpaired) electrons. The highest BCUT2D eigenvalue weighted by Gasteiger charge is 2.01. The molecule has 26 heavy (non-hydrogen) atoms. The Morgan fingerprint density at radius 1 is 1.04 bits per heavy atom. The van der Waals surface area contributed by atoms with Crippen molar-refractivity contribution >= 4 is 40.7 Å². The molecular weight excluding hydrogens is 441 g/mol. The molecule has 0 saturated carbocycles. The molecule has 144 valence electrons. The standard InChI is InChI=1S/C20H29N3O2.HI/c1-4-25-12-6-5-11-22-20(21-2)23-15-16-7-8-18-14-19(24-3)10-9-17(18)13-16;/h7-10,13-14H,4-6,11-12,15H2,1-3H3,(H2,21,22,23);1H. The number of rotatable bonds is 9. The molecule has 2 aromatic carbocycles. The summed E-state index contributed by atoms with van der Waals surface area (Å²) in [6.45, 7) is 5.26. The van der Waals surface area contributed by atoms with E-state index in [1.165, 1.54) is 16.3 Å². The number of aliphatic imine (C=N–C) groups is 1. The van der Waals surface area contributed by atoms with Crippen LogP contribution in [0.5, 0.6) is 5.75 Å². The SMILES string of the molecule is CCOCCCCNC(=NC)NCc1ccc2cc(OC)ccc2c1.I. The van der Waals surface area contributed by atoms with Crippen molar-refractivity contribution in [3.63, 3.8) is 0 Å². The summed E-state index contributed by atoms with van der Waals surface area (Å²) >= 11 is 0. The predicted molar refractivity (Wildman–Crippen MR) is 120 cm³/mol. The molecule has 0 fully saturated rings. The molecular formula is C20H30IN3O2. The Morgan fingerprint density at radius 2 is 1.81 bits per heavy atom. The zero-order valence-corrected chi connectivity index (χ0v) is 18.2. The highest BCUT2D eigenvalue weighted by Crippen LogP contribution is 2.21. The van der Waals surface area contributed by atoms with Crippen molar-refractivity contribution in [1.29, 1.82) is 0 Å². The van der Waals surface area contributed by atoms with Gasteiger partial charge in [-0.25, -0.2) is 0 Å². The molecule has 0 amide bonds. The number of fused-ring (bicyclic) bond motifs is 1. The van der Waals surface area contributed by atoms with Gasteiger partial charge in [-0.2, -0.15) is 0 Å². The fourth-order valence-corrected chi connectivity index (χ4v) is 2.60. The van der Waals surface area contributed by atoms with Gasteiger partial charge in [-0.05, 0) is 54.3 Å². The minimum Gasteiger partial charge on any atom is -0.497 e. The summed E-state index contributed by atoms with van der Waals surface area (Å²) in [5, 5.41) is 9.08. The lowest BCUT2D eigenvalue weighted by Gasteiger charge is -2.12. The maximum absolute atomic E-state index is 5.34.